The van der Waals surface area contributed by atoms with Crippen LogP contribution >= 0.6 is 0 Å². The fraction of sp³-hybridized carbons (Fsp3) is 0.474. The molecule has 0 radical (unpaired) electrons. The molecule has 2 fully saturated rings. The standard InChI is InChI=1S/C38H34O7/c1-3-7-19(8-4-1)29(35-37(44-35,21-11-15-25-31(21)39-25)22-12-16-26-32(22)40-26)43-30(20-9-5-2-6-10-20)36-38(45-36,23-13-17-27-33(23)41-27)24-14-18-28-34(24)42-28/h1-10,21-24,29-30,35-36H,11-18H2. The van der Waals surface area contributed by atoms with Crippen molar-refractivity contribution in [3.05, 3.63) is 118 Å². The lowest BCUT2D eigenvalue weighted by molar-refractivity contribution is -0.0430. The van der Waals surface area contributed by atoms with E-state index in [1.165, 1.54) is 23.0 Å². The van der Waals surface area contributed by atoms with E-state index in [1.54, 1.807) is 0 Å². The van der Waals surface area contributed by atoms with Crippen LogP contribution in [-0.4, -0.2) is 23.4 Å². The molecule has 228 valence electrons. The molecule has 2 aromatic carbocycles. The monoisotopic (exact) mass is 602 g/mol. The molecule has 0 amide bonds. The van der Waals surface area contributed by atoms with Crippen LogP contribution in [0, 0.1) is 23.7 Å². The van der Waals surface area contributed by atoms with Crippen molar-refractivity contribution in [2.75, 3.05) is 0 Å². The quantitative estimate of drug-likeness (QED) is 0.263. The summed E-state index contributed by atoms with van der Waals surface area (Å²) >= 11 is 0. The number of epoxide rings is 2. The molecule has 0 saturated carbocycles. The Kier molecular flexibility index (Phi) is 4.52. The first-order valence-corrected chi connectivity index (χ1v) is 17.0. The van der Waals surface area contributed by atoms with Crippen molar-refractivity contribution >= 4 is 0 Å². The summed E-state index contributed by atoms with van der Waals surface area (Å²) in [5.41, 5.74) is 1.50. The second-order valence-electron chi connectivity index (χ2n) is 14.5. The third-order valence-corrected chi connectivity index (χ3v) is 12.5. The number of allylic oxidation sites excluding steroid dienone is 4. The molecule has 10 aliphatic rings. The summed E-state index contributed by atoms with van der Waals surface area (Å²) in [5, 5.41) is 0. The highest BCUT2D eigenvalue weighted by Crippen LogP contribution is 2.71. The average Bonchev–Trinajstić information content (AvgIpc) is 3.84. The molecule has 7 heteroatoms. The van der Waals surface area contributed by atoms with Crippen molar-refractivity contribution in [3.63, 3.8) is 0 Å². The Hall–Kier alpha value is -3.52. The van der Waals surface area contributed by atoms with E-state index in [4.69, 9.17) is 33.2 Å². The van der Waals surface area contributed by atoms with Crippen LogP contribution in [0.3, 0.4) is 0 Å². The average molecular weight is 603 g/mol. The van der Waals surface area contributed by atoms with Crippen molar-refractivity contribution in [1.82, 2.24) is 0 Å². The van der Waals surface area contributed by atoms with E-state index in [0.717, 1.165) is 85.5 Å². The third kappa shape index (κ3) is 3.31. The van der Waals surface area contributed by atoms with Crippen LogP contribution in [0.15, 0.2) is 107 Å². The summed E-state index contributed by atoms with van der Waals surface area (Å²) in [6.45, 7) is 0. The van der Waals surface area contributed by atoms with Gasteiger partial charge in [0, 0.05) is 25.7 Å². The minimum atomic E-state index is -0.384. The zero-order chi connectivity index (χ0) is 29.1. The van der Waals surface area contributed by atoms with E-state index in [1.807, 2.05) is 0 Å². The summed E-state index contributed by atoms with van der Waals surface area (Å²) < 4.78 is 45.7. The molecule has 0 spiro atoms. The number of ether oxygens (including phenoxy) is 7. The zero-order valence-corrected chi connectivity index (χ0v) is 24.9. The van der Waals surface area contributed by atoms with Gasteiger partial charge in [0.15, 0.2) is 0 Å². The molecular formula is C38H34O7. The van der Waals surface area contributed by atoms with Crippen LogP contribution in [0.4, 0.5) is 0 Å². The first-order chi connectivity index (χ1) is 22.2. The summed E-state index contributed by atoms with van der Waals surface area (Å²) in [7, 11) is 0. The highest BCUT2D eigenvalue weighted by atomic mass is 16.7. The minimum Gasteiger partial charge on any atom is -0.459 e. The molecule has 2 aromatic rings. The fourth-order valence-electron chi connectivity index (χ4n) is 10.2. The number of hydrogen-bond donors (Lipinski definition) is 0. The number of rotatable bonds is 10. The Morgan fingerprint density at radius 1 is 0.489 bits per heavy atom. The maximum atomic E-state index is 7.54. The van der Waals surface area contributed by atoms with Gasteiger partial charge in [0.05, 0.1) is 23.7 Å². The van der Waals surface area contributed by atoms with Crippen LogP contribution < -0.4 is 0 Å². The molecule has 7 nitrogen and oxygen atoms in total. The van der Waals surface area contributed by atoms with E-state index in [2.05, 4.69) is 60.7 Å². The fourth-order valence-corrected chi connectivity index (χ4v) is 10.2. The summed E-state index contributed by atoms with van der Waals surface area (Å²) in [4.78, 5) is 0. The Bertz CT molecular complexity index is 1600. The minimum absolute atomic E-state index is 0.124. The predicted molar refractivity (Wildman–Crippen MR) is 158 cm³/mol. The molecule has 8 atom stereocenters. The van der Waals surface area contributed by atoms with Crippen LogP contribution in [0.5, 0.6) is 0 Å². The van der Waals surface area contributed by atoms with Gasteiger partial charge in [-0.05, 0) is 36.8 Å². The molecule has 6 aliphatic heterocycles. The molecule has 0 aromatic heterocycles. The van der Waals surface area contributed by atoms with Gasteiger partial charge in [-0.15, -0.1) is 0 Å². The zero-order valence-electron chi connectivity index (χ0n) is 24.9. The Labute approximate surface area is 261 Å². The van der Waals surface area contributed by atoms with Crippen molar-refractivity contribution < 1.29 is 33.2 Å². The van der Waals surface area contributed by atoms with Crippen LogP contribution in [0.2, 0.25) is 0 Å². The van der Waals surface area contributed by atoms with Crippen molar-refractivity contribution in [2.45, 2.75) is 87.0 Å². The first-order valence-electron chi connectivity index (χ1n) is 17.0. The van der Waals surface area contributed by atoms with Gasteiger partial charge in [-0.1, -0.05) is 60.7 Å². The lowest BCUT2D eigenvalue weighted by Gasteiger charge is -2.31. The second kappa shape index (κ2) is 8.24. The van der Waals surface area contributed by atoms with E-state index in [9.17, 15) is 0 Å². The van der Waals surface area contributed by atoms with Crippen molar-refractivity contribution in [1.29, 1.82) is 0 Å². The summed E-state index contributed by atoms with van der Waals surface area (Å²) in [6.07, 6.45) is 7.46. The first kappa shape index (κ1) is 24.7. The Morgan fingerprint density at radius 3 is 1.09 bits per heavy atom. The molecule has 4 aliphatic carbocycles. The van der Waals surface area contributed by atoms with E-state index >= 15 is 0 Å². The molecule has 0 bridgehead atoms. The van der Waals surface area contributed by atoms with Gasteiger partial charge >= 0.3 is 0 Å². The van der Waals surface area contributed by atoms with Gasteiger partial charge in [-0.25, -0.2) is 0 Å². The number of benzene rings is 2. The predicted octanol–water partition coefficient (Wildman–Crippen LogP) is 7.37. The molecule has 12 rings (SSSR count). The molecule has 6 heterocycles. The smallest absolute Gasteiger partial charge is 0.148 e. The van der Waals surface area contributed by atoms with Gasteiger partial charge in [0.1, 0.15) is 81.7 Å². The highest BCUT2D eigenvalue weighted by Gasteiger charge is 2.77. The number of hydrogen-bond acceptors (Lipinski definition) is 7. The molecular weight excluding hydrogens is 568 g/mol. The van der Waals surface area contributed by atoms with Crippen LogP contribution in [0.25, 0.3) is 0 Å². The Morgan fingerprint density at radius 2 is 0.822 bits per heavy atom. The molecule has 2 saturated heterocycles. The van der Waals surface area contributed by atoms with Crippen molar-refractivity contribution in [2.24, 2.45) is 23.7 Å². The van der Waals surface area contributed by atoms with E-state index in [-0.39, 0.29) is 59.3 Å². The summed E-state index contributed by atoms with van der Waals surface area (Å²) in [5.74, 6) is 10.3. The normalized spacial score (nSPS) is 41.3. The molecule has 8 unspecified atom stereocenters. The maximum Gasteiger partial charge on any atom is 0.148 e. The van der Waals surface area contributed by atoms with Gasteiger partial charge in [-0.2, -0.15) is 0 Å². The van der Waals surface area contributed by atoms with Gasteiger partial charge < -0.3 is 33.2 Å². The van der Waals surface area contributed by atoms with Gasteiger partial charge in [0.2, 0.25) is 0 Å². The SMILES string of the molecule is c1ccc(C(OC(c2ccccc2)C2OC2(C2CCC3=C2O3)C2CCC3=C2O3)C2OC2(C2CCC3=C2O3)C2CCC3=C2O3)cc1. The van der Waals surface area contributed by atoms with Gasteiger partial charge in [0.25, 0.3) is 0 Å². The summed E-state index contributed by atoms with van der Waals surface area (Å²) in [6, 6.07) is 21.4. The Balaban J connectivity index is 0.951. The maximum absolute atomic E-state index is 7.54. The van der Waals surface area contributed by atoms with Crippen LogP contribution in [0.1, 0.15) is 74.7 Å². The third-order valence-electron chi connectivity index (χ3n) is 12.5. The topological polar surface area (TPSA) is 84.4 Å². The second-order valence-corrected chi connectivity index (χ2v) is 14.5. The lowest BCUT2D eigenvalue weighted by atomic mass is 9.74. The van der Waals surface area contributed by atoms with Crippen molar-refractivity contribution in [3.8, 4) is 0 Å². The molecule has 0 N–H and O–H groups in total. The lowest BCUT2D eigenvalue weighted by Crippen LogP contribution is -2.39. The van der Waals surface area contributed by atoms with Gasteiger partial charge in [-0.3, -0.25) is 0 Å². The van der Waals surface area contributed by atoms with Crippen LogP contribution in [-0.2, 0) is 33.2 Å². The molecule has 45 heavy (non-hydrogen) atoms. The van der Waals surface area contributed by atoms with E-state index in [0.29, 0.717) is 0 Å². The largest absolute Gasteiger partial charge is 0.459 e. The van der Waals surface area contributed by atoms with E-state index < -0.39 is 0 Å². The highest BCUT2D eigenvalue weighted by molar-refractivity contribution is 5.43.